The van der Waals surface area contributed by atoms with E-state index < -0.39 is 12.1 Å². The normalized spacial score (nSPS) is 24.1. The summed E-state index contributed by atoms with van der Waals surface area (Å²) in [4.78, 5) is 41.6. The molecule has 10 heteroatoms. The van der Waals surface area contributed by atoms with Gasteiger partial charge in [0, 0.05) is 35.2 Å². The number of rotatable bonds is 3. The number of amides is 3. The molecule has 8 nitrogen and oxygen atoms in total. The maximum absolute atomic E-state index is 13.4. The van der Waals surface area contributed by atoms with Crippen molar-refractivity contribution in [3.05, 3.63) is 62.2 Å². The van der Waals surface area contributed by atoms with Crippen molar-refractivity contribution in [3.63, 3.8) is 0 Å². The van der Waals surface area contributed by atoms with E-state index in [1.165, 1.54) is 4.90 Å². The van der Waals surface area contributed by atoms with E-state index >= 15 is 0 Å². The van der Waals surface area contributed by atoms with Crippen molar-refractivity contribution in [2.75, 3.05) is 26.7 Å². The second kappa shape index (κ2) is 13.8. The Labute approximate surface area is 248 Å². The van der Waals surface area contributed by atoms with Crippen LogP contribution in [-0.2, 0) is 27.2 Å². The summed E-state index contributed by atoms with van der Waals surface area (Å²) in [5.74, 6) is 0.295. The van der Waals surface area contributed by atoms with E-state index in [4.69, 9.17) is 16.3 Å². The Bertz CT molecular complexity index is 1190. The van der Waals surface area contributed by atoms with Crippen molar-refractivity contribution in [1.82, 2.24) is 20.9 Å². The summed E-state index contributed by atoms with van der Waals surface area (Å²) in [6.45, 7) is 3.09. The number of hydrogen-bond donors (Lipinski definition) is 3. The molecule has 3 amide bonds. The SMILES string of the molecule is C[C@@H]1C(=O)N[C@H](Cc2ccc(Cl)cc2I)C(=O)NCCCc2ccccc2OCCN[C@@H](C2CC2)C(=O)N1C. The number of carbonyl (C=O) groups excluding carboxylic acids is 3. The molecule has 1 heterocycles. The molecule has 1 fully saturated rings. The number of fused-ring (bicyclic) bond motifs is 1. The van der Waals surface area contributed by atoms with Gasteiger partial charge in [-0.15, -0.1) is 0 Å². The molecule has 3 N–H and O–H groups in total. The number of nitrogens with one attached hydrogen (secondary N) is 3. The van der Waals surface area contributed by atoms with Gasteiger partial charge in [0.15, 0.2) is 0 Å². The van der Waals surface area contributed by atoms with Gasteiger partial charge in [0.1, 0.15) is 24.4 Å². The summed E-state index contributed by atoms with van der Waals surface area (Å²) in [5, 5.41) is 9.88. The molecule has 0 saturated heterocycles. The minimum absolute atomic E-state index is 0.130. The molecule has 0 aromatic heterocycles. The number of ether oxygens (including phenoxy) is 1. The Balaban J connectivity index is 1.56. The third kappa shape index (κ3) is 8.08. The largest absolute Gasteiger partial charge is 0.492 e. The van der Waals surface area contributed by atoms with Gasteiger partial charge < -0.3 is 25.6 Å². The number of aryl methyl sites for hydroxylation is 1. The Hall–Kier alpha value is -2.37. The summed E-state index contributed by atoms with van der Waals surface area (Å²) in [6.07, 6.45) is 3.72. The Morgan fingerprint density at radius 2 is 1.85 bits per heavy atom. The molecule has 0 bridgehead atoms. The first kappa shape index (κ1) is 29.6. The molecule has 0 unspecified atom stereocenters. The van der Waals surface area contributed by atoms with E-state index in [0.29, 0.717) is 31.1 Å². The number of benzene rings is 2. The van der Waals surface area contributed by atoms with Crippen LogP contribution in [0.25, 0.3) is 0 Å². The van der Waals surface area contributed by atoms with Gasteiger partial charge in [-0.3, -0.25) is 14.4 Å². The van der Waals surface area contributed by atoms with Crippen LogP contribution in [0.4, 0.5) is 0 Å². The maximum atomic E-state index is 13.4. The van der Waals surface area contributed by atoms with Crippen LogP contribution in [-0.4, -0.2) is 67.5 Å². The van der Waals surface area contributed by atoms with Crippen molar-refractivity contribution in [2.45, 2.75) is 57.2 Å². The van der Waals surface area contributed by atoms with Crippen LogP contribution in [0.1, 0.15) is 37.3 Å². The van der Waals surface area contributed by atoms with E-state index in [1.54, 1.807) is 20.0 Å². The van der Waals surface area contributed by atoms with Crippen molar-refractivity contribution in [2.24, 2.45) is 5.92 Å². The van der Waals surface area contributed by atoms with Gasteiger partial charge in [-0.25, -0.2) is 0 Å². The van der Waals surface area contributed by atoms with Crippen LogP contribution in [0.3, 0.4) is 0 Å². The summed E-state index contributed by atoms with van der Waals surface area (Å²) >= 11 is 8.31. The van der Waals surface area contributed by atoms with E-state index in [0.717, 1.165) is 46.1 Å². The Morgan fingerprint density at radius 1 is 1.08 bits per heavy atom. The highest BCUT2D eigenvalue weighted by Crippen LogP contribution is 2.33. The van der Waals surface area contributed by atoms with Crippen molar-refractivity contribution < 1.29 is 19.1 Å². The lowest BCUT2D eigenvalue weighted by atomic mass is 10.0. The van der Waals surface area contributed by atoms with E-state index in [-0.39, 0.29) is 29.7 Å². The standard InChI is InChI=1S/C29H36ClIN4O4/c1-18-27(36)34-24(16-21-11-12-22(30)17-23(21)31)28(37)33-13-5-7-19-6-3-4-8-25(19)39-15-14-32-26(20-9-10-20)29(38)35(18)2/h3-4,6,8,11-12,17-18,20,24,26,32H,5,7,9-10,13-16H2,1-2H3,(H,33,37)(H,34,36)/t18-,24-,26+/m1/s1. The van der Waals surface area contributed by atoms with Crippen molar-refractivity contribution in [3.8, 4) is 5.75 Å². The molecule has 1 saturated carbocycles. The molecule has 0 radical (unpaired) electrons. The number of halogens is 2. The van der Waals surface area contributed by atoms with Gasteiger partial charge in [0.2, 0.25) is 17.7 Å². The lowest BCUT2D eigenvalue weighted by Crippen LogP contribution is -2.56. The van der Waals surface area contributed by atoms with Crippen LogP contribution >= 0.6 is 34.2 Å². The number of para-hydroxylation sites is 1. The number of carbonyl (C=O) groups is 3. The van der Waals surface area contributed by atoms with Gasteiger partial charge in [-0.2, -0.15) is 0 Å². The molecule has 2 aromatic rings. The lowest BCUT2D eigenvalue weighted by Gasteiger charge is -2.30. The topological polar surface area (TPSA) is 99.8 Å². The number of hydrogen-bond acceptors (Lipinski definition) is 5. The first-order valence-corrected chi connectivity index (χ1v) is 14.9. The first-order valence-electron chi connectivity index (χ1n) is 13.5. The monoisotopic (exact) mass is 666 g/mol. The first-order chi connectivity index (χ1) is 18.7. The zero-order valence-electron chi connectivity index (χ0n) is 22.3. The highest BCUT2D eigenvalue weighted by molar-refractivity contribution is 14.1. The van der Waals surface area contributed by atoms with Gasteiger partial charge in [-0.1, -0.05) is 35.9 Å². The van der Waals surface area contributed by atoms with Gasteiger partial charge in [0.25, 0.3) is 0 Å². The van der Waals surface area contributed by atoms with Crippen LogP contribution in [0, 0.1) is 9.49 Å². The molecule has 2 aromatic carbocycles. The quantitative estimate of drug-likeness (QED) is 0.437. The van der Waals surface area contributed by atoms with Crippen LogP contribution in [0.2, 0.25) is 5.02 Å². The summed E-state index contributed by atoms with van der Waals surface area (Å²) in [5.41, 5.74) is 1.97. The zero-order valence-corrected chi connectivity index (χ0v) is 25.3. The molecular formula is C29H36ClIN4O4. The second-order valence-corrected chi connectivity index (χ2v) is 11.8. The highest BCUT2D eigenvalue weighted by atomic mass is 127. The molecule has 39 heavy (non-hydrogen) atoms. The van der Waals surface area contributed by atoms with Gasteiger partial charge in [0.05, 0.1) is 6.04 Å². The smallest absolute Gasteiger partial charge is 0.243 e. The van der Waals surface area contributed by atoms with Crippen molar-refractivity contribution in [1.29, 1.82) is 0 Å². The molecule has 0 spiro atoms. The van der Waals surface area contributed by atoms with Crippen LogP contribution in [0.15, 0.2) is 42.5 Å². The fraction of sp³-hybridized carbons (Fsp3) is 0.483. The maximum Gasteiger partial charge on any atom is 0.243 e. The molecule has 210 valence electrons. The average molecular weight is 667 g/mol. The van der Waals surface area contributed by atoms with Crippen LogP contribution < -0.4 is 20.7 Å². The average Bonchev–Trinajstić information content (AvgIpc) is 3.76. The number of likely N-dealkylation sites (N-methyl/N-ethyl adjacent to an activating group) is 1. The predicted molar refractivity (Wildman–Crippen MR) is 160 cm³/mol. The van der Waals surface area contributed by atoms with Crippen molar-refractivity contribution >= 4 is 51.9 Å². The highest BCUT2D eigenvalue weighted by Gasteiger charge is 2.39. The predicted octanol–water partition coefficient (Wildman–Crippen LogP) is 3.33. The third-order valence-corrected chi connectivity index (χ3v) is 8.60. The molecule has 4 rings (SSSR count). The molecular weight excluding hydrogens is 631 g/mol. The minimum Gasteiger partial charge on any atom is -0.492 e. The zero-order chi connectivity index (χ0) is 27.9. The fourth-order valence-electron chi connectivity index (χ4n) is 4.72. The minimum atomic E-state index is -0.801. The van der Waals surface area contributed by atoms with Crippen LogP contribution in [0.5, 0.6) is 5.75 Å². The van der Waals surface area contributed by atoms with E-state index in [2.05, 4.69) is 38.5 Å². The Morgan fingerprint density at radius 3 is 2.59 bits per heavy atom. The Kier molecular flexibility index (Phi) is 10.5. The van der Waals surface area contributed by atoms with Gasteiger partial charge >= 0.3 is 0 Å². The number of nitrogens with zero attached hydrogens (tertiary/aromatic N) is 1. The molecule has 1 aliphatic heterocycles. The second-order valence-electron chi connectivity index (χ2n) is 10.2. The summed E-state index contributed by atoms with van der Waals surface area (Å²) in [7, 11) is 1.64. The third-order valence-electron chi connectivity index (χ3n) is 7.36. The van der Waals surface area contributed by atoms with E-state index in [9.17, 15) is 14.4 Å². The summed E-state index contributed by atoms with van der Waals surface area (Å²) in [6, 6.07) is 11.5. The molecule has 3 atom stereocenters. The van der Waals surface area contributed by atoms with E-state index in [1.807, 2.05) is 36.4 Å². The van der Waals surface area contributed by atoms with Gasteiger partial charge in [-0.05, 0) is 90.4 Å². The fourth-order valence-corrected chi connectivity index (χ4v) is 5.81. The molecule has 1 aliphatic carbocycles. The summed E-state index contributed by atoms with van der Waals surface area (Å²) < 4.78 is 6.97. The molecule has 2 aliphatic rings. The lowest BCUT2D eigenvalue weighted by molar-refractivity contribution is -0.141.